The topological polar surface area (TPSA) is 35.2 Å². The Morgan fingerprint density at radius 3 is 2.88 bits per heavy atom. The number of rotatable bonds is 2. The van der Waals surface area contributed by atoms with Gasteiger partial charge in [0.25, 0.3) is 0 Å². The minimum absolute atomic E-state index is 0.144. The quantitative estimate of drug-likeness (QED) is 0.849. The summed E-state index contributed by atoms with van der Waals surface area (Å²) >= 11 is 0. The van der Waals surface area contributed by atoms with E-state index in [2.05, 4.69) is 25.1 Å². The Labute approximate surface area is 103 Å². The van der Waals surface area contributed by atoms with E-state index in [4.69, 9.17) is 10.5 Å². The van der Waals surface area contributed by atoms with Gasteiger partial charge >= 0.3 is 0 Å². The molecule has 0 radical (unpaired) electrons. The highest BCUT2D eigenvalue weighted by atomic mass is 16.5. The van der Waals surface area contributed by atoms with E-state index < -0.39 is 0 Å². The minimum atomic E-state index is 0.144. The predicted molar refractivity (Wildman–Crippen MR) is 68.9 cm³/mol. The SMILES string of the molecule is CC1CC(C(N)c2ccc3c(c2)CCC3)CO1. The number of hydrogen-bond acceptors (Lipinski definition) is 2. The van der Waals surface area contributed by atoms with Crippen molar-refractivity contribution in [1.82, 2.24) is 0 Å². The molecule has 1 fully saturated rings. The zero-order valence-electron chi connectivity index (χ0n) is 10.5. The first-order valence-electron chi connectivity index (χ1n) is 6.73. The second-order valence-corrected chi connectivity index (χ2v) is 5.55. The third-order valence-corrected chi connectivity index (χ3v) is 4.24. The molecule has 3 rings (SSSR count). The molecule has 1 aromatic rings. The third-order valence-electron chi connectivity index (χ3n) is 4.24. The Hall–Kier alpha value is -0.860. The molecular weight excluding hydrogens is 210 g/mol. The standard InChI is InChI=1S/C15H21NO/c1-10-7-14(9-17-10)15(16)13-6-5-11-3-2-4-12(11)8-13/h5-6,8,10,14-15H,2-4,7,9,16H2,1H3. The van der Waals surface area contributed by atoms with Crippen LogP contribution in [0, 0.1) is 5.92 Å². The molecule has 3 unspecified atom stereocenters. The van der Waals surface area contributed by atoms with Crippen molar-refractivity contribution in [1.29, 1.82) is 0 Å². The molecule has 0 spiro atoms. The first-order valence-corrected chi connectivity index (χ1v) is 6.73. The van der Waals surface area contributed by atoms with Crippen LogP contribution in [0.2, 0.25) is 0 Å². The summed E-state index contributed by atoms with van der Waals surface area (Å²) in [5.41, 5.74) is 10.7. The zero-order valence-corrected chi connectivity index (χ0v) is 10.5. The van der Waals surface area contributed by atoms with Gasteiger partial charge in [-0.2, -0.15) is 0 Å². The summed E-state index contributed by atoms with van der Waals surface area (Å²) in [5.74, 6) is 0.490. The summed E-state index contributed by atoms with van der Waals surface area (Å²) in [6.07, 6.45) is 5.25. The van der Waals surface area contributed by atoms with Crippen LogP contribution in [0.1, 0.15) is 42.5 Å². The Morgan fingerprint density at radius 2 is 2.12 bits per heavy atom. The van der Waals surface area contributed by atoms with Crippen molar-refractivity contribution < 1.29 is 4.74 Å². The van der Waals surface area contributed by atoms with Crippen LogP contribution < -0.4 is 5.73 Å². The molecule has 1 aliphatic heterocycles. The molecular formula is C15H21NO. The summed E-state index contributed by atoms with van der Waals surface area (Å²) in [6.45, 7) is 2.95. The van der Waals surface area contributed by atoms with Crippen molar-refractivity contribution in [2.45, 2.75) is 44.8 Å². The highest BCUT2D eigenvalue weighted by molar-refractivity contribution is 5.36. The Bertz CT molecular complexity index is 415. The molecule has 1 saturated heterocycles. The monoisotopic (exact) mass is 231 g/mol. The summed E-state index contributed by atoms with van der Waals surface area (Å²) in [4.78, 5) is 0. The molecule has 2 N–H and O–H groups in total. The molecule has 92 valence electrons. The molecule has 0 saturated carbocycles. The van der Waals surface area contributed by atoms with E-state index in [0.717, 1.165) is 13.0 Å². The average molecular weight is 231 g/mol. The molecule has 3 atom stereocenters. The summed E-state index contributed by atoms with van der Waals surface area (Å²) in [7, 11) is 0. The van der Waals surface area contributed by atoms with Gasteiger partial charge < -0.3 is 10.5 Å². The van der Waals surface area contributed by atoms with Crippen molar-refractivity contribution in [3.05, 3.63) is 34.9 Å². The fourth-order valence-electron chi connectivity index (χ4n) is 3.17. The van der Waals surface area contributed by atoms with Gasteiger partial charge in [0.2, 0.25) is 0 Å². The van der Waals surface area contributed by atoms with E-state index in [0.29, 0.717) is 12.0 Å². The normalized spacial score (nSPS) is 29.3. The first-order chi connectivity index (χ1) is 8.24. The molecule has 1 aromatic carbocycles. The molecule has 1 heterocycles. The van der Waals surface area contributed by atoms with Gasteiger partial charge in [0, 0.05) is 12.0 Å². The number of fused-ring (bicyclic) bond motifs is 1. The number of ether oxygens (including phenoxy) is 1. The summed E-state index contributed by atoms with van der Waals surface area (Å²) < 4.78 is 5.62. The Balaban J connectivity index is 1.79. The largest absolute Gasteiger partial charge is 0.378 e. The number of hydrogen-bond donors (Lipinski definition) is 1. The minimum Gasteiger partial charge on any atom is -0.378 e. The van der Waals surface area contributed by atoms with Crippen LogP contribution in [-0.2, 0) is 17.6 Å². The second-order valence-electron chi connectivity index (χ2n) is 5.55. The van der Waals surface area contributed by atoms with E-state index in [1.165, 1.54) is 36.0 Å². The lowest BCUT2D eigenvalue weighted by molar-refractivity contribution is 0.118. The highest BCUT2D eigenvalue weighted by Crippen LogP contribution is 2.32. The number of aryl methyl sites for hydroxylation is 2. The highest BCUT2D eigenvalue weighted by Gasteiger charge is 2.28. The van der Waals surface area contributed by atoms with Gasteiger partial charge in [-0.15, -0.1) is 0 Å². The van der Waals surface area contributed by atoms with E-state index in [-0.39, 0.29) is 6.04 Å². The van der Waals surface area contributed by atoms with Crippen molar-refractivity contribution in [3.63, 3.8) is 0 Å². The number of nitrogens with two attached hydrogens (primary N) is 1. The molecule has 0 amide bonds. The molecule has 1 aliphatic carbocycles. The molecule has 17 heavy (non-hydrogen) atoms. The Morgan fingerprint density at radius 1 is 1.29 bits per heavy atom. The van der Waals surface area contributed by atoms with Gasteiger partial charge in [-0.3, -0.25) is 0 Å². The lowest BCUT2D eigenvalue weighted by atomic mass is 9.90. The smallest absolute Gasteiger partial charge is 0.0551 e. The van der Waals surface area contributed by atoms with Crippen molar-refractivity contribution in [3.8, 4) is 0 Å². The van der Waals surface area contributed by atoms with Crippen molar-refractivity contribution in [2.75, 3.05) is 6.61 Å². The van der Waals surface area contributed by atoms with E-state index >= 15 is 0 Å². The van der Waals surface area contributed by atoms with E-state index in [1.54, 1.807) is 0 Å². The maximum atomic E-state index is 6.38. The zero-order chi connectivity index (χ0) is 11.8. The average Bonchev–Trinajstić information content (AvgIpc) is 2.95. The maximum Gasteiger partial charge on any atom is 0.0551 e. The van der Waals surface area contributed by atoms with Gasteiger partial charge in [0.05, 0.1) is 12.7 Å². The second kappa shape index (κ2) is 4.43. The third kappa shape index (κ3) is 2.12. The predicted octanol–water partition coefficient (Wildman–Crippen LogP) is 2.60. The van der Waals surface area contributed by atoms with Gasteiger partial charge in [0.1, 0.15) is 0 Å². The van der Waals surface area contributed by atoms with Crippen LogP contribution >= 0.6 is 0 Å². The lowest BCUT2D eigenvalue weighted by Gasteiger charge is -2.19. The van der Waals surface area contributed by atoms with E-state index in [1.807, 2.05) is 0 Å². The lowest BCUT2D eigenvalue weighted by Crippen LogP contribution is -2.22. The van der Waals surface area contributed by atoms with Crippen LogP contribution in [-0.4, -0.2) is 12.7 Å². The van der Waals surface area contributed by atoms with Crippen LogP contribution in [0.25, 0.3) is 0 Å². The van der Waals surface area contributed by atoms with Gasteiger partial charge in [-0.25, -0.2) is 0 Å². The van der Waals surface area contributed by atoms with Gasteiger partial charge in [-0.05, 0) is 49.3 Å². The van der Waals surface area contributed by atoms with Gasteiger partial charge in [0.15, 0.2) is 0 Å². The van der Waals surface area contributed by atoms with Crippen LogP contribution in [0.4, 0.5) is 0 Å². The molecule has 2 heteroatoms. The molecule has 0 aromatic heterocycles. The van der Waals surface area contributed by atoms with Crippen molar-refractivity contribution >= 4 is 0 Å². The van der Waals surface area contributed by atoms with Gasteiger partial charge in [-0.1, -0.05) is 18.2 Å². The van der Waals surface area contributed by atoms with Crippen molar-refractivity contribution in [2.24, 2.45) is 11.7 Å². The van der Waals surface area contributed by atoms with E-state index in [9.17, 15) is 0 Å². The molecule has 2 aliphatic rings. The summed E-state index contributed by atoms with van der Waals surface area (Å²) in [6, 6.07) is 6.97. The first kappa shape index (κ1) is 11.2. The Kier molecular flexibility index (Phi) is 2.93. The molecule has 2 nitrogen and oxygen atoms in total. The molecule has 0 bridgehead atoms. The van der Waals surface area contributed by atoms with Crippen LogP contribution in [0.5, 0.6) is 0 Å². The fourth-order valence-corrected chi connectivity index (χ4v) is 3.17. The van der Waals surface area contributed by atoms with Crippen LogP contribution in [0.3, 0.4) is 0 Å². The van der Waals surface area contributed by atoms with Crippen LogP contribution in [0.15, 0.2) is 18.2 Å². The number of benzene rings is 1. The summed E-state index contributed by atoms with van der Waals surface area (Å²) in [5, 5.41) is 0. The fraction of sp³-hybridized carbons (Fsp3) is 0.600. The maximum absolute atomic E-state index is 6.38.